The van der Waals surface area contributed by atoms with Crippen LogP contribution < -0.4 is 15.0 Å². The summed E-state index contributed by atoms with van der Waals surface area (Å²) in [5, 5.41) is 13.3. The molecule has 2 aromatic carbocycles. The van der Waals surface area contributed by atoms with E-state index < -0.39 is 5.97 Å². The van der Waals surface area contributed by atoms with E-state index in [1.54, 1.807) is 17.4 Å². The van der Waals surface area contributed by atoms with Crippen LogP contribution in [0.4, 0.5) is 10.8 Å². The monoisotopic (exact) mass is 420 g/mol. The summed E-state index contributed by atoms with van der Waals surface area (Å²) in [7, 11) is 4.06. The van der Waals surface area contributed by atoms with Gasteiger partial charge in [0.2, 0.25) is 0 Å². The van der Waals surface area contributed by atoms with E-state index in [-0.39, 0.29) is 5.69 Å². The second-order valence-electron chi connectivity index (χ2n) is 6.81. The molecule has 0 spiro atoms. The Morgan fingerprint density at radius 3 is 2.73 bits per heavy atom. The minimum absolute atomic E-state index is 0.0594. The van der Waals surface area contributed by atoms with Gasteiger partial charge in [-0.05, 0) is 29.8 Å². The minimum atomic E-state index is -1.09. The van der Waals surface area contributed by atoms with Crippen molar-refractivity contribution in [2.45, 2.75) is 6.54 Å². The van der Waals surface area contributed by atoms with Crippen molar-refractivity contribution in [3.05, 3.63) is 72.1 Å². The van der Waals surface area contributed by atoms with Gasteiger partial charge in [0, 0.05) is 44.7 Å². The van der Waals surface area contributed by atoms with Gasteiger partial charge >= 0.3 is 5.97 Å². The highest BCUT2D eigenvalue weighted by Crippen LogP contribution is 2.32. The van der Waals surface area contributed by atoms with Crippen LogP contribution in [-0.2, 0) is 6.54 Å². The Morgan fingerprint density at radius 1 is 1.13 bits per heavy atom. The molecule has 0 bridgehead atoms. The lowest BCUT2D eigenvalue weighted by atomic mass is 10.1. The molecule has 2 aromatic heterocycles. The Labute approximate surface area is 177 Å². The summed E-state index contributed by atoms with van der Waals surface area (Å²) in [6.45, 7) is 0.673. The van der Waals surface area contributed by atoms with Crippen molar-refractivity contribution in [3.63, 3.8) is 0 Å². The number of fused-ring (bicyclic) bond motifs is 1. The number of carboxylic acids is 1. The molecule has 0 aliphatic rings. The Balaban J connectivity index is 1.50. The fourth-order valence-electron chi connectivity index (χ4n) is 3.04. The van der Waals surface area contributed by atoms with Crippen LogP contribution in [0, 0.1) is 0 Å². The molecule has 2 N–H and O–H groups in total. The Hall–Kier alpha value is -3.65. The van der Waals surface area contributed by atoms with Gasteiger partial charge in [0.1, 0.15) is 11.5 Å². The van der Waals surface area contributed by atoms with Crippen LogP contribution in [0.25, 0.3) is 10.2 Å². The fourth-order valence-corrected chi connectivity index (χ4v) is 3.93. The summed E-state index contributed by atoms with van der Waals surface area (Å²) in [6.07, 6.45) is 1.41. The van der Waals surface area contributed by atoms with Crippen LogP contribution in [-0.4, -0.2) is 35.1 Å². The zero-order chi connectivity index (χ0) is 21.1. The maximum Gasteiger partial charge on any atom is 0.354 e. The topological polar surface area (TPSA) is 87.6 Å². The predicted molar refractivity (Wildman–Crippen MR) is 119 cm³/mol. The van der Waals surface area contributed by atoms with E-state index in [0.717, 1.165) is 15.3 Å². The number of carboxylic acid groups (broad SMARTS) is 1. The SMILES string of the molecule is CN(C)c1ccccc1CNc1nc2ccc(Oc3ccnc(C(=O)O)c3)cc2s1. The third-order valence-corrected chi connectivity index (χ3v) is 5.43. The second kappa shape index (κ2) is 8.38. The Morgan fingerprint density at radius 2 is 1.93 bits per heavy atom. The zero-order valence-electron chi connectivity index (χ0n) is 16.5. The average Bonchev–Trinajstić information content (AvgIpc) is 3.15. The maximum atomic E-state index is 11.1. The van der Waals surface area contributed by atoms with Gasteiger partial charge < -0.3 is 20.1 Å². The van der Waals surface area contributed by atoms with Crippen LogP contribution in [0.1, 0.15) is 16.1 Å². The molecule has 0 atom stereocenters. The van der Waals surface area contributed by atoms with Gasteiger partial charge in [-0.3, -0.25) is 0 Å². The minimum Gasteiger partial charge on any atom is -0.477 e. The molecule has 0 saturated carbocycles. The van der Waals surface area contributed by atoms with Crippen molar-refractivity contribution < 1.29 is 14.6 Å². The number of aromatic carboxylic acids is 1. The molecular formula is C22H20N4O3S. The van der Waals surface area contributed by atoms with Gasteiger partial charge in [-0.15, -0.1) is 0 Å². The van der Waals surface area contributed by atoms with E-state index in [9.17, 15) is 4.79 Å². The summed E-state index contributed by atoms with van der Waals surface area (Å²) in [6, 6.07) is 16.9. The number of anilines is 2. The molecule has 0 aliphatic carbocycles. The first-order valence-corrected chi connectivity index (χ1v) is 10.1. The summed E-state index contributed by atoms with van der Waals surface area (Å²) < 4.78 is 6.78. The summed E-state index contributed by atoms with van der Waals surface area (Å²) in [4.78, 5) is 21.6. The molecule has 0 aliphatic heterocycles. The number of rotatable bonds is 7. The number of pyridine rings is 1. The first-order valence-electron chi connectivity index (χ1n) is 9.26. The predicted octanol–water partition coefficient (Wildman–Crippen LogP) is 4.86. The van der Waals surface area contributed by atoms with E-state index in [4.69, 9.17) is 9.84 Å². The number of aromatic nitrogens is 2. The highest BCUT2D eigenvalue weighted by Gasteiger charge is 2.10. The largest absolute Gasteiger partial charge is 0.477 e. The number of carbonyl (C=O) groups is 1. The molecular weight excluding hydrogens is 400 g/mol. The molecule has 2 heterocycles. The highest BCUT2D eigenvalue weighted by molar-refractivity contribution is 7.22. The van der Waals surface area contributed by atoms with E-state index in [1.165, 1.54) is 23.5 Å². The number of ether oxygens (including phenoxy) is 1. The molecule has 0 saturated heterocycles. The van der Waals surface area contributed by atoms with Crippen molar-refractivity contribution >= 4 is 38.3 Å². The fraction of sp³-hybridized carbons (Fsp3) is 0.136. The van der Waals surface area contributed by atoms with Crippen LogP contribution in [0.5, 0.6) is 11.5 Å². The molecule has 30 heavy (non-hydrogen) atoms. The van der Waals surface area contributed by atoms with Crippen LogP contribution >= 0.6 is 11.3 Å². The van der Waals surface area contributed by atoms with E-state index >= 15 is 0 Å². The van der Waals surface area contributed by atoms with Crippen molar-refractivity contribution in [2.24, 2.45) is 0 Å². The smallest absolute Gasteiger partial charge is 0.354 e. The van der Waals surface area contributed by atoms with Gasteiger partial charge in [0.15, 0.2) is 10.8 Å². The summed E-state index contributed by atoms with van der Waals surface area (Å²) in [5.74, 6) is -0.0620. The summed E-state index contributed by atoms with van der Waals surface area (Å²) >= 11 is 1.54. The highest BCUT2D eigenvalue weighted by atomic mass is 32.1. The Kier molecular flexibility index (Phi) is 5.49. The molecule has 7 nitrogen and oxygen atoms in total. The van der Waals surface area contributed by atoms with Crippen LogP contribution in [0.15, 0.2) is 60.8 Å². The first kappa shape index (κ1) is 19.7. The number of hydrogen-bond donors (Lipinski definition) is 2. The molecule has 0 unspecified atom stereocenters. The average molecular weight is 420 g/mol. The van der Waals surface area contributed by atoms with Crippen molar-refractivity contribution in [1.29, 1.82) is 0 Å². The number of thiazole rings is 1. The van der Waals surface area contributed by atoms with Crippen LogP contribution in [0.3, 0.4) is 0 Å². The lowest BCUT2D eigenvalue weighted by Gasteiger charge is -2.17. The lowest BCUT2D eigenvalue weighted by Crippen LogP contribution is -2.12. The van der Waals surface area contributed by atoms with Gasteiger partial charge in [-0.25, -0.2) is 14.8 Å². The summed E-state index contributed by atoms with van der Waals surface area (Å²) in [5.41, 5.74) is 3.17. The number of hydrogen-bond acceptors (Lipinski definition) is 7. The third kappa shape index (κ3) is 4.33. The van der Waals surface area contributed by atoms with Crippen molar-refractivity contribution in [1.82, 2.24) is 9.97 Å². The molecule has 0 amide bonds. The standard InChI is InChI=1S/C22H20N4O3S/c1-26(2)19-6-4-3-5-14(19)13-24-22-25-17-8-7-15(12-20(17)30-22)29-16-9-10-23-18(11-16)21(27)28/h3-12H,13H2,1-2H3,(H,24,25)(H,27,28). The quantitative estimate of drug-likeness (QED) is 0.441. The first-order chi connectivity index (χ1) is 14.5. The second-order valence-corrected chi connectivity index (χ2v) is 7.84. The normalized spacial score (nSPS) is 10.7. The number of para-hydroxylation sites is 1. The number of nitrogens with one attached hydrogen (secondary N) is 1. The van der Waals surface area contributed by atoms with Crippen molar-refractivity contribution in [3.8, 4) is 11.5 Å². The van der Waals surface area contributed by atoms with Gasteiger partial charge in [0.25, 0.3) is 0 Å². The van der Waals surface area contributed by atoms with Gasteiger partial charge in [-0.1, -0.05) is 29.5 Å². The number of nitrogens with zero attached hydrogens (tertiary/aromatic N) is 3. The Bertz CT molecular complexity index is 1210. The maximum absolute atomic E-state index is 11.1. The molecule has 4 aromatic rings. The van der Waals surface area contributed by atoms with Gasteiger partial charge in [0.05, 0.1) is 10.2 Å². The third-order valence-electron chi connectivity index (χ3n) is 4.45. The van der Waals surface area contributed by atoms with E-state index in [0.29, 0.717) is 18.0 Å². The van der Waals surface area contributed by atoms with Crippen molar-refractivity contribution in [2.75, 3.05) is 24.3 Å². The molecule has 4 rings (SSSR count). The van der Waals surface area contributed by atoms with Gasteiger partial charge in [-0.2, -0.15) is 0 Å². The molecule has 0 radical (unpaired) electrons. The number of benzene rings is 2. The molecule has 0 fully saturated rings. The lowest BCUT2D eigenvalue weighted by molar-refractivity contribution is 0.0690. The zero-order valence-corrected chi connectivity index (χ0v) is 17.3. The molecule has 152 valence electrons. The van der Waals surface area contributed by atoms with E-state index in [2.05, 4.69) is 32.3 Å². The van der Waals surface area contributed by atoms with Crippen LogP contribution in [0.2, 0.25) is 0 Å². The molecule has 8 heteroatoms. The van der Waals surface area contributed by atoms with E-state index in [1.807, 2.05) is 44.4 Å².